The molecule has 1 saturated heterocycles. The Morgan fingerprint density at radius 1 is 1.39 bits per heavy atom. The number of hydrogen-bond acceptors (Lipinski definition) is 4. The van der Waals surface area contributed by atoms with E-state index in [1.54, 1.807) is 0 Å². The van der Waals surface area contributed by atoms with Crippen LogP contribution in [-0.4, -0.2) is 58.1 Å². The average molecular weight is 331 g/mol. The molecule has 2 N–H and O–H groups in total. The summed E-state index contributed by atoms with van der Waals surface area (Å²) in [5.74, 6) is -2.57. The van der Waals surface area contributed by atoms with E-state index in [1.165, 1.54) is 6.07 Å². The second-order valence-corrected chi connectivity index (χ2v) is 5.00. The van der Waals surface area contributed by atoms with Gasteiger partial charge in [0.15, 0.2) is 0 Å². The predicted molar refractivity (Wildman–Crippen MR) is 69.7 cm³/mol. The molecular weight excluding hydrogens is 319 g/mol. The molecule has 0 unspecified atom stereocenters. The van der Waals surface area contributed by atoms with Crippen molar-refractivity contribution < 1.29 is 32.7 Å². The minimum Gasteiger partial charge on any atom is -0.477 e. The quantitative estimate of drug-likeness (QED) is 0.845. The fraction of sp³-hybridized carbons (Fsp3) is 0.385. The number of carboxylic acids is 1. The van der Waals surface area contributed by atoms with Gasteiger partial charge in [0.1, 0.15) is 12.2 Å². The molecule has 0 aromatic carbocycles. The molecule has 0 spiro atoms. The standard InChI is InChI=1S/C13H12F3N3O4/c14-13(15,16)6-19-5-8(3-10(19)20)18-11(21)7-1-2-9(12(22)23)17-4-7/h1-2,4,8H,3,5-6H2,(H,18,21)(H,22,23)/t8-/m1/s1. The van der Waals surface area contributed by atoms with Crippen LogP contribution >= 0.6 is 0 Å². The summed E-state index contributed by atoms with van der Waals surface area (Å²) in [6.07, 6.45) is -3.67. The van der Waals surface area contributed by atoms with Crippen LogP contribution in [0.5, 0.6) is 0 Å². The molecule has 1 fully saturated rings. The summed E-state index contributed by atoms with van der Waals surface area (Å²) in [6, 6.07) is 1.62. The minimum atomic E-state index is -4.49. The minimum absolute atomic E-state index is 0.0525. The first-order valence-electron chi connectivity index (χ1n) is 6.50. The van der Waals surface area contributed by atoms with Crippen molar-refractivity contribution in [3.8, 4) is 0 Å². The zero-order valence-electron chi connectivity index (χ0n) is 11.6. The van der Waals surface area contributed by atoms with Crippen LogP contribution in [0.25, 0.3) is 0 Å². The molecule has 2 rings (SSSR count). The molecule has 1 aromatic rings. The highest BCUT2D eigenvalue weighted by molar-refractivity contribution is 5.95. The van der Waals surface area contributed by atoms with Crippen LogP contribution in [0, 0.1) is 0 Å². The van der Waals surface area contributed by atoms with Crippen molar-refractivity contribution in [3.05, 3.63) is 29.6 Å². The zero-order valence-corrected chi connectivity index (χ0v) is 11.6. The van der Waals surface area contributed by atoms with Crippen LogP contribution in [-0.2, 0) is 4.79 Å². The van der Waals surface area contributed by atoms with E-state index in [0.717, 1.165) is 12.3 Å². The summed E-state index contributed by atoms with van der Waals surface area (Å²) < 4.78 is 36.9. The molecule has 7 nitrogen and oxygen atoms in total. The highest BCUT2D eigenvalue weighted by Gasteiger charge is 2.38. The van der Waals surface area contributed by atoms with E-state index in [2.05, 4.69) is 10.3 Å². The van der Waals surface area contributed by atoms with Gasteiger partial charge in [-0.1, -0.05) is 0 Å². The first-order valence-corrected chi connectivity index (χ1v) is 6.50. The maximum absolute atomic E-state index is 12.3. The lowest BCUT2D eigenvalue weighted by Crippen LogP contribution is -2.39. The van der Waals surface area contributed by atoms with Crippen molar-refractivity contribution in [2.24, 2.45) is 0 Å². The Balaban J connectivity index is 1.96. The van der Waals surface area contributed by atoms with Crippen molar-refractivity contribution in [3.63, 3.8) is 0 Å². The molecule has 0 radical (unpaired) electrons. The van der Waals surface area contributed by atoms with E-state index in [0.29, 0.717) is 4.90 Å². The van der Waals surface area contributed by atoms with Gasteiger partial charge in [-0.2, -0.15) is 13.2 Å². The van der Waals surface area contributed by atoms with Gasteiger partial charge in [0, 0.05) is 19.2 Å². The number of amides is 2. The van der Waals surface area contributed by atoms with Gasteiger partial charge in [0.2, 0.25) is 5.91 Å². The number of rotatable bonds is 4. The molecule has 23 heavy (non-hydrogen) atoms. The number of pyridine rings is 1. The Hall–Kier alpha value is -2.65. The Morgan fingerprint density at radius 2 is 2.09 bits per heavy atom. The van der Waals surface area contributed by atoms with Crippen molar-refractivity contribution >= 4 is 17.8 Å². The van der Waals surface area contributed by atoms with Gasteiger partial charge in [0.25, 0.3) is 5.91 Å². The number of carboxylic acid groups (broad SMARTS) is 1. The topological polar surface area (TPSA) is 99.6 Å². The monoisotopic (exact) mass is 331 g/mol. The van der Waals surface area contributed by atoms with Gasteiger partial charge in [0.05, 0.1) is 11.6 Å². The van der Waals surface area contributed by atoms with E-state index in [4.69, 9.17) is 5.11 Å². The van der Waals surface area contributed by atoms with E-state index >= 15 is 0 Å². The Morgan fingerprint density at radius 3 is 2.61 bits per heavy atom. The highest BCUT2D eigenvalue weighted by Crippen LogP contribution is 2.21. The molecule has 0 saturated carbocycles. The molecule has 0 bridgehead atoms. The Kier molecular flexibility index (Phi) is 4.52. The number of halogens is 3. The number of nitrogens with one attached hydrogen (secondary N) is 1. The number of aromatic nitrogens is 1. The third-order valence-corrected chi connectivity index (χ3v) is 3.16. The number of alkyl halides is 3. The Bertz CT molecular complexity index is 630. The smallest absolute Gasteiger partial charge is 0.406 e. The normalized spacial score (nSPS) is 18.1. The molecule has 1 aliphatic heterocycles. The van der Waals surface area contributed by atoms with Crippen LogP contribution in [0.4, 0.5) is 13.2 Å². The predicted octanol–water partition coefficient (Wildman–Crippen LogP) is 0.673. The fourth-order valence-corrected chi connectivity index (χ4v) is 2.16. The van der Waals surface area contributed by atoms with Crippen LogP contribution in [0.3, 0.4) is 0 Å². The fourth-order valence-electron chi connectivity index (χ4n) is 2.16. The van der Waals surface area contributed by atoms with E-state index in [9.17, 15) is 27.6 Å². The maximum atomic E-state index is 12.3. The van der Waals surface area contributed by atoms with E-state index in [-0.39, 0.29) is 24.2 Å². The number of aromatic carboxylic acids is 1. The van der Waals surface area contributed by atoms with Crippen LogP contribution in [0.1, 0.15) is 27.3 Å². The highest BCUT2D eigenvalue weighted by atomic mass is 19.4. The molecule has 1 atom stereocenters. The second-order valence-electron chi connectivity index (χ2n) is 5.00. The van der Waals surface area contributed by atoms with Gasteiger partial charge in [-0.3, -0.25) is 9.59 Å². The van der Waals surface area contributed by atoms with Gasteiger partial charge in [-0.25, -0.2) is 9.78 Å². The molecule has 0 aliphatic carbocycles. The summed E-state index contributed by atoms with van der Waals surface area (Å²) in [7, 11) is 0. The SMILES string of the molecule is O=C(N[C@@H]1CC(=O)N(CC(F)(F)F)C1)c1ccc(C(=O)O)nc1. The second kappa shape index (κ2) is 6.23. The summed E-state index contributed by atoms with van der Waals surface area (Å²) in [4.78, 5) is 38.3. The number of likely N-dealkylation sites (tertiary alicyclic amines) is 1. The third kappa shape index (κ3) is 4.41. The van der Waals surface area contributed by atoms with Crippen LogP contribution in [0.2, 0.25) is 0 Å². The number of hydrogen-bond donors (Lipinski definition) is 2. The van der Waals surface area contributed by atoms with Crippen molar-refractivity contribution in [2.45, 2.75) is 18.6 Å². The lowest BCUT2D eigenvalue weighted by atomic mass is 10.2. The van der Waals surface area contributed by atoms with E-state index < -0.39 is 36.5 Å². The van der Waals surface area contributed by atoms with Crippen molar-refractivity contribution in [1.29, 1.82) is 0 Å². The molecule has 2 amide bonds. The largest absolute Gasteiger partial charge is 0.477 e. The summed E-state index contributed by atoms with van der Waals surface area (Å²) >= 11 is 0. The Labute approximate surface area is 128 Å². The van der Waals surface area contributed by atoms with Crippen LogP contribution in [0.15, 0.2) is 18.3 Å². The molecule has 1 aromatic heterocycles. The molecular formula is C13H12F3N3O4. The number of carbonyl (C=O) groups excluding carboxylic acids is 2. The van der Waals surface area contributed by atoms with E-state index in [1.807, 2.05) is 0 Å². The lowest BCUT2D eigenvalue weighted by molar-refractivity contribution is -0.157. The van der Waals surface area contributed by atoms with Gasteiger partial charge in [-0.15, -0.1) is 0 Å². The molecule has 2 heterocycles. The number of nitrogens with zero attached hydrogens (tertiary/aromatic N) is 2. The molecule has 1 aliphatic rings. The average Bonchev–Trinajstić information content (AvgIpc) is 2.76. The van der Waals surface area contributed by atoms with Crippen molar-refractivity contribution in [1.82, 2.24) is 15.2 Å². The van der Waals surface area contributed by atoms with Crippen LogP contribution < -0.4 is 5.32 Å². The van der Waals surface area contributed by atoms with Gasteiger partial charge in [-0.05, 0) is 12.1 Å². The molecule has 124 valence electrons. The lowest BCUT2D eigenvalue weighted by Gasteiger charge is -2.18. The maximum Gasteiger partial charge on any atom is 0.406 e. The van der Waals surface area contributed by atoms with Crippen molar-refractivity contribution in [2.75, 3.05) is 13.1 Å². The van der Waals surface area contributed by atoms with Gasteiger partial charge < -0.3 is 15.3 Å². The summed E-state index contributed by atoms with van der Waals surface area (Å²) in [6.45, 7) is -1.59. The first kappa shape index (κ1) is 16.7. The third-order valence-electron chi connectivity index (χ3n) is 3.16. The first-order chi connectivity index (χ1) is 10.7. The molecule has 10 heteroatoms. The summed E-state index contributed by atoms with van der Waals surface area (Å²) in [5, 5.41) is 11.1. The van der Waals surface area contributed by atoms with Gasteiger partial charge >= 0.3 is 12.1 Å². The number of carbonyl (C=O) groups is 3. The zero-order chi connectivity index (χ0) is 17.2. The summed E-state index contributed by atoms with van der Waals surface area (Å²) in [5.41, 5.74) is -0.189.